The van der Waals surface area contributed by atoms with Crippen molar-refractivity contribution < 1.29 is 9.53 Å². The molecule has 4 heteroatoms. The van der Waals surface area contributed by atoms with Gasteiger partial charge in [-0.2, -0.15) is 0 Å². The molecule has 0 spiro atoms. The summed E-state index contributed by atoms with van der Waals surface area (Å²) in [5, 5.41) is 0.570. The first-order chi connectivity index (χ1) is 5.40. The molecule has 0 saturated heterocycles. The van der Waals surface area contributed by atoms with E-state index in [0.717, 1.165) is 25.0 Å². The summed E-state index contributed by atoms with van der Waals surface area (Å²) in [6.07, 6.45) is 1.70. The molecule has 0 radical (unpaired) electrons. The minimum atomic E-state index is 0.569. The van der Waals surface area contributed by atoms with Crippen molar-refractivity contribution in [3.63, 3.8) is 0 Å². The summed E-state index contributed by atoms with van der Waals surface area (Å²) in [6.45, 7) is 1.33. The number of ether oxygens (including phenoxy) is 1. The van der Waals surface area contributed by atoms with E-state index in [1.54, 1.807) is 0 Å². The largest absolute Gasteiger partial charge is 0.375 e. The van der Waals surface area contributed by atoms with Crippen molar-refractivity contribution in [1.29, 1.82) is 0 Å². The Labute approximate surface area is 68.0 Å². The molecule has 1 aliphatic rings. The van der Waals surface area contributed by atoms with Gasteiger partial charge in [0.15, 0.2) is 11.3 Å². The molecule has 0 aromatic carbocycles. The summed E-state index contributed by atoms with van der Waals surface area (Å²) in [5.74, 6) is 0. The standard InChI is InChI=1S/C7H7NO2S/c9-3-7-8-5-4-10-2-1-6(5)11-7/h3H,1-2,4H2. The van der Waals surface area contributed by atoms with E-state index in [4.69, 9.17) is 4.74 Å². The third-order valence-corrected chi connectivity index (χ3v) is 2.69. The second-order valence-electron chi connectivity index (χ2n) is 2.34. The first-order valence-electron chi connectivity index (χ1n) is 3.41. The Balaban J connectivity index is 2.39. The third-order valence-electron chi connectivity index (χ3n) is 1.61. The van der Waals surface area contributed by atoms with Crippen LogP contribution >= 0.6 is 11.3 Å². The molecule has 0 saturated carbocycles. The van der Waals surface area contributed by atoms with Gasteiger partial charge in [-0.25, -0.2) is 4.98 Å². The quantitative estimate of drug-likeness (QED) is 0.589. The highest BCUT2D eigenvalue weighted by atomic mass is 32.1. The fourth-order valence-corrected chi connectivity index (χ4v) is 1.96. The van der Waals surface area contributed by atoms with Gasteiger partial charge in [-0.15, -0.1) is 11.3 Å². The molecule has 0 atom stereocenters. The molecule has 0 bridgehead atoms. The molecule has 3 nitrogen and oxygen atoms in total. The van der Waals surface area contributed by atoms with E-state index in [1.807, 2.05) is 0 Å². The van der Waals surface area contributed by atoms with Crippen LogP contribution in [0.3, 0.4) is 0 Å². The topological polar surface area (TPSA) is 39.2 Å². The van der Waals surface area contributed by atoms with Crippen LogP contribution in [0.2, 0.25) is 0 Å². The number of carbonyl (C=O) groups is 1. The van der Waals surface area contributed by atoms with Gasteiger partial charge in [0.05, 0.1) is 18.9 Å². The molecule has 58 valence electrons. The van der Waals surface area contributed by atoms with Gasteiger partial charge in [-0.1, -0.05) is 0 Å². The van der Waals surface area contributed by atoms with Crippen molar-refractivity contribution in [2.45, 2.75) is 13.0 Å². The van der Waals surface area contributed by atoms with Gasteiger partial charge < -0.3 is 4.74 Å². The number of hydrogen-bond acceptors (Lipinski definition) is 4. The van der Waals surface area contributed by atoms with Gasteiger partial charge in [0.2, 0.25) is 0 Å². The van der Waals surface area contributed by atoms with Gasteiger partial charge in [0.1, 0.15) is 0 Å². The zero-order chi connectivity index (χ0) is 7.68. The van der Waals surface area contributed by atoms with Gasteiger partial charge in [0, 0.05) is 11.3 Å². The zero-order valence-electron chi connectivity index (χ0n) is 5.87. The Bertz CT molecular complexity index is 258. The van der Waals surface area contributed by atoms with Crippen LogP contribution in [0.1, 0.15) is 20.4 Å². The van der Waals surface area contributed by atoms with E-state index in [2.05, 4.69) is 4.98 Å². The highest BCUT2D eigenvalue weighted by molar-refractivity contribution is 7.13. The number of aromatic nitrogens is 1. The minimum absolute atomic E-state index is 0.569. The lowest BCUT2D eigenvalue weighted by molar-refractivity contribution is 0.108. The van der Waals surface area contributed by atoms with Crippen LogP contribution in [0, 0.1) is 0 Å². The van der Waals surface area contributed by atoms with Crippen LogP contribution in [-0.2, 0) is 17.8 Å². The lowest BCUT2D eigenvalue weighted by Crippen LogP contribution is -2.07. The van der Waals surface area contributed by atoms with Crippen molar-refractivity contribution in [2.75, 3.05) is 6.61 Å². The Morgan fingerprint density at radius 1 is 1.64 bits per heavy atom. The van der Waals surface area contributed by atoms with Gasteiger partial charge in [-0.3, -0.25) is 4.79 Å². The van der Waals surface area contributed by atoms with Crippen LogP contribution in [0.5, 0.6) is 0 Å². The second-order valence-corrected chi connectivity index (χ2v) is 3.46. The lowest BCUT2D eigenvalue weighted by atomic mass is 10.3. The molecule has 11 heavy (non-hydrogen) atoms. The maximum Gasteiger partial charge on any atom is 0.178 e. The maximum absolute atomic E-state index is 10.3. The van der Waals surface area contributed by atoms with E-state index in [1.165, 1.54) is 16.2 Å². The first-order valence-corrected chi connectivity index (χ1v) is 4.23. The molecule has 0 fully saturated rings. The van der Waals surface area contributed by atoms with E-state index in [-0.39, 0.29) is 0 Å². The Hall–Kier alpha value is -0.740. The van der Waals surface area contributed by atoms with Crippen molar-refractivity contribution in [1.82, 2.24) is 4.98 Å². The van der Waals surface area contributed by atoms with Gasteiger partial charge in [-0.05, 0) is 0 Å². The van der Waals surface area contributed by atoms with Crippen LogP contribution in [0.15, 0.2) is 0 Å². The number of nitrogens with zero attached hydrogens (tertiary/aromatic N) is 1. The first kappa shape index (κ1) is 6.94. The third kappa shape index (κ3) is 1.19. The summed E-state index contributed by atoms with van der Waals surface area (Å²) < 4.78 is 5.18. The summed E-state index contributed by atoms with van der Waals surface area (Å²) >= 11 is 1.48. The Morgan fingerprint density at radius 3 is 3.27 bits per heavy atom. The zero-order valence-corrected chi connectivity index (χ0v) is 6.69. The number of fused-ring (bicyclic) bond motifs is 1. The van der Waals surface area contributed by atoms with Crippen molar-refractivity contribution in [3.8, 4) is 0 Å². The smallest absolute Gasteiger partial charge is 0.178 e. The van der Waals surface area contributed by atoms with Crippen LogP contribution in [0.25, 0.3) is 0 Å². The monoisotopic (exact) mass is 169 g/mol. The summed E-state index contributed by atoms with van der Waals surface area (Å²) in [4.78, 5) is 15.6. The number of carbonyl (C=O) groups excluding carboxylic acids is 1. The molecule has 2 heterocycles. The number of hydrogen-bond donors (Lipinski definition) is 0. The number of thiazole rings is 1. The molecule has 1 aromatic heterocycles. The normalized spacial score (nSPS) is 16.0. The average molecular weight is 169 g/mol. The fraction of sp³-hybridized carbons (Fsp3) is 0.429. The van der Waals surface area contributed by atoms with Gasteiger partial charge in [0.25, 0.3) is 0 Å². The predicted molar refractivity (Wildman–Crippen MR) is 40.9 cm³/mol. The van der Waals surface area contributed by atoms with Crippen LogP contribution in [0.4, 0.5) is 0 Å². The SMILES string of the molecule is O=Cc1nc2c(s1)CCOC2. The Kier molecular flexibility index (Phi) is 1.71. The molecular weight excluding hydrogens is 162 g/mol. The molecule has 2 rings (SSSR count). The van der Waals surface area contributed by atoms with Gasteiger partial charge >= 0.3 is 0 Å². The molecule has 0 amide bonds. The number of rotatable bonds is 1. The summed E-state index contributed by atoms with van der Waals surface area (Å²) in [7, 11) is 0. The summed E-state index contributed by atoms with van der Waals surface area (Å²) in [6, 6.07) is 0. The van der Waals surface area contributed by atoms with E-state index >= 15 is 0 Å². The van der Waals surface area contributed by atoms with Crippen LogP contribution < -0.4 is 0 Å². The Morgan fingerprint density at radius 2 is 2.55 bits per heavy atom. The van der Waals surface area contributed by atoms with E-state index in [9.17, 15) is 4.79 Å². The molecule has 0 unspecified atom stereocenters. The minimum Gasteiger partial charge on any atom is -0.375 e. The summed E-state index contributed by atoms with van der Waals surface area (Å²) in [5.41, 5.74) is 0.948. The highest BCUT2D eigenvalue weighted by Crippen LogP contribution is 2.22. The highest BCUT2D eigenvalue weighted by Gasteiger charge is 2.14. The average Bonchev–Trinajstić information content (AvgIpc) is 2.46. The molecule has 0 N–H and O–H groups in total. The maximum atomic E-state index is 10.3. The van der Waals surface area contributed by atoms with E-state index < -0.39 is 0 Å². The van der Waals surface area contributed by atoms with Crippen molar-refractivity contribution >= 4 is 17.6 Å². The van der Waals surface area contributed by atoms with Crippen LogP contribution in [-0.4, -0.2) is 17.9 Å². The van der Waals surface area contributed by atoms with Crippen molar-refractivity contribution in [3.05, 3.63) is 15.6 Å². The molecular formula is C7H7NO2S. The predicted octanol–water partition coefficient (Wildman–Crippen LogP) is 1.03. The number of aldehydes is 1. The lowest BCUT2D eigenvalue weighted by Gasteiger charge is -2.08. The molecule has 0 aliphatic carbocycles. The second kappa shape index (κ2) is 2.71. The van der Waals surface area contributed by atoms with E-state index in [0.29, 0.717) is 11.6 Å². The molecule has 1 aliphatic heterocycles. The van der Waals surface area contributed by atoms with Crippen molar-refractivity contribution in [2.24, 2.45) is 0 Å². The molecule has 1 aromatic rings. The fourth-order valence-electron chi connectivity index (χ4n) is 1.10.